The van der Waals surface area contributed by atoms with Gasteiger partial charge in [0.15, 0.2) is 5.58 Å². The number of hydrogen-bond donors (Lipinski definition) is 2. The summed E-state index contributed by atoms with van der Waals surface area (Å²) in [4.78, 5) is 36.9. The Balaban J connectivity index is 1.63. The number of benzene rings is 2. The fraction of sp³-hybridized carbons (Fsp3) is 0.105. The van der Waals surface area contributed by atoms with Gasteiger partial charge in [-0.25, -0.2) is 9.48 Å². The molecule has 0 saturated heterocycles. The van der Waals surface area contributed by atoms with Crippen molar-refractivity contribution >= 4 is 28.4 Å². The average molecular weight is 393 g/mol. The van der Waals surface area contributed by atoms with Crippen LogP contribution in [0.5, 0.6) is 0 Å². The Morgan fingerprint density at radius 2 is 2.03 bits per heavy atom. The highest BCUT2D eigenvalue weighted by atomic mass is 16.6. The van der Waals surface area contributed by atoms with E-state index in [1.807, 2.05) is 6.92 Å². The summed E-state index contributed by atoms with van der Waals surface area (Å²) in [6.45, 7) is 1.89. The third kappa shape index (κ3) is 3.38. The summed E-state index contributed by atoms with van der Waals surface area (Å²) in [5.41, 5.74) is 3.00. The van der Waals surface area contributed by atoms with E-state index in [1.54, 1.807) is 35.0 Å². The monoisotopic (exact) mass is 393 g/mol. The van der Waals surface area contributed by atoms with E-state index >= 15 is 0 Å². The minimum absolute atomic E-state index is 0.0235. The first-order chi connectivity index (χ1) is 14.0. The van der Waals surface area contributed by atoms with E-state index in [1.165, 1.54) is 18.3 Å². The van der Waals surface area contributed by atoms with Crippen molar-refractivity contribution in [3.05, 3.63) is 80.6 Å². The number of carbonyl (C=O) groups excluding carboxylic acids is 1. The predicted molar refractivity (Wildman–Crippen MR) is 104 cm³/mol. The standard InChI is InChI=1S/C19H15N5O5/c1-2-16-14(10-20-23(16)12-4-6-13(7-5-12)24(27)28)18(25)21-11-3-8-17-15(9-11)22-19(26)29-17/h3-10H,2H2,1H3,(H,21,25)(H,22,26). The minimum Gasteiger partial charge on any atom is -0.408 e. The minimum atomic E-state index is -0.568. The van der Waals surface area contributed by atoms with Gasteiger partial charge >= 0.3 is 5.76 Å². The fourth-order valence-electron chi connectivity index (χ4n) is 3.07. The molecule has 2 aromatic carbocycles. The number of nitrogens with zero attached hydrogens (tertiary/aromatic N) is 3. The fourth-order valence-corrected chi connectivity index (χ4v) is 3.07. The molecule has 10 nitrogen and oxygen atoms in total. The summed E-state index contributed by atoms with van der Waals surface area (Å²) in [6.07, 6.45) is 1.97. The van der Waals surface area contributed by atoms with Crippen LogP contribution < -0.4 is 11.1 Å². The largest absolute Gasteiger partial charge is 0.417 e. The molecule has 0 aliphatic rings. The molecule has 0 bridgehead atoms. The number of carbonyl (C=O) groups is 1. The maximum Gasteiger partial charge on any atom is 0.417 e. The zero-order chi connectivity index (χ0) is 20.5. The first kappa shape index (κ1) is 18.2. The zero-order valence-corrected chi connectivity index (χ0v) is 15.2. The lowest BCUT2D eigenvalue weighted by molar-refractivity contribution is -0.384. The topological polar surface area (TPSA) is 136 Å². The van der Waals surface area contributed by atoms with Crippen molar-refractivity contribution in [2.24, 2.45) is 0 Å². The molecule has 4 rings (SSSR count). The van der Waals surface area contributed by atoms with Gasteiger partial charge in [0.2, 0.25) is 0 Å². The molecule has 29 heavy (non-hydrogen) atoms. The summed E-state index contributed by atoms with van der Waals surface area (Å²) < 4.78 is 6.52. The summed E-state index contributed by atoms with van der Waals surface area (Å²) in [5, 5.41) is 17.9. The number of nitrogens with one attached hydrogen (secondary N) is 2. The van der Waals surface area contributed by atoms with E-state index in [0.29, 0.717) is 40.2 Å². The molecule has 146 valence electrons. The highest BCUT2D eigenvalue weighted by molar-refractivity contribution is 6.05. The Morgan fingerprint density at radius 1 is 1.28 bits per heavy atom. The Kier molecular flexibility index (Phi) is 4.43. The van der Waals surface area contributed by atoms with Crippen molar-refractivity contribution < 1.29 is 14.1 Å². The number of aromatic nitrogens is 3. The average Bonchev–Trinajstić information content (AvgIpc) is 3.30. The van der Waals surface area contributed by atoms with Gasteiger partial charge < -0.3 is 9.73 Å². The van der Waals surface area contributed by atoms with Crippen molar-refractivity contribution in [2.75, 3.05) is 5.32 Å². The van der Waals surface area contributed by atoms with E-state index in [0.717, 1.165) is 0 Å². The number of hydrogen-bond acceptors (Lipinski definition) is 6. The van der Waals surface area contributed by atoms with Crippen LogP contribution in [0.25, 0.3) is 16.8 Å². The number of nitro groups is 1. The Hall–Kier alpha value is -4.21. The van der Waals surface area contributed by atoms with Crippen LogP contribution in [-0.2, 0) is 6.42 Å². The lowest BCUT2D eigenvalue weighted by atomic mass is 10.1. The van der Waals surface area contributed by atoms with Crippen LogP contribution in [0.15, 0.2) is 57.9 Å². The van der Waals surface area contributed by atoms with E-state index < -0.39 is 10.7 Å². The molecule has 2 heterocycles. The number of rotatable bonds is 5. The maximum atomic E-state index is 12.8. The Labute approximate surface area is 162 Å². The van der Waals surface area contributed by atoms with E-state index in [2.05, 4.69) is 15.4 Å². The third-order valence-electron chi connectivity index (χ3n) is 4.43. The van der Waals surface area contributed by atoms with Crippen LogP contribution in [0, 0.1) is 10.1 Å². The molecule has 0 aliphatic heterocycles. The van der Waals surface area contributed by atoms with Crippen LogP contribution >= 0.6 is 0 Å². The molecule has 0 aliphatic carbocycles. The molecule has 1 amide bonds. The van der Waals surface area contributed by atoms with Gasteiger partial charge in [0.05, 0.1) is 33.6 Å². The van der Waals surface area contributed by atoms with Gasteiger partial charge in [-0.3, -0.25) is 19.9 Å². The number of aromatic amines is 1. The number of oxazole rings is 1. The van der Waals surface area contributed by atoms with Gasteiger partial charge in [0.1, 0.15) is 0 Å². The van der Waals surface area contributed by atoms with Gasteiger partial charge in [-0.1, -0.05) is 6.92 Å². The molecule has 0 radical (unpaired) electrons. The number of amides is 1. The Morgan fingerprint density at radius 3 is 2.72 bits per heavy atom. The van der Waals surface area contributed by atoms with E-state index in [4.69, 9.17) is 4.42 Å². The molecular weight excluding hydrogens is 378 g/mol. The number of non-ortho nitro benzene ring substituents is 1. The molecule has 0 atom stereocenters. The van der Waals surface area contributed by atoms with Crippen LogP contribution in [0.4, 0.5) is 11.4 Å². The van der Waals surface area contributed by atoms with Crippen LogP contribution in [-0.4, -0.2) is 25.6 Å². The zero-order valence-electron chi connectivity index (χ0n) is 15.2. The molecule has 0 spiro atoms. The van der Waals surface area contributed by atoms with Crippen molar-refractivity contribution in [3.63, 3.8) is 0 Å². The van der Waals surface area contributed by atoms with E-state index in [-0.39, 0.29) is 11.6 Å². The summed E-state index contributed by atoms with van der Waals surface area (Å²) in [7, 11) is 0. The first-order valence-corrected chi connectivity index (χ1v) is 8.72. The Bertz CT molecular complexity index is 1280. The van der Waals surface area contributed by atoms with Crippen LogP contribution in [0.3, 0.4) is 0 Å². The number of anilines is 1. The second-order valence-electron chi connectivity index (χ2n) is 6.22. The number of H-pyrrole nitrogens is 1. The normalized spacial score (nSPS) is 10.9. The van der Waals surface area contributed by atoms with E-state index in [9.17, 15) is 19.7 Å². The van der Waals surface area contributed by atoms with Gasteiger partial charge in [-0.15, -0.1) is 0 Å². The molecule has 0 fully saturated rings. The molecule has 2 aromatic heterocycles. The highest BCUT2D eigenvalue weighted by Crippen LogP contribution is 2.21. The second-order valence-corrected chi connectivity index (χ2v) is 6.22. The molecule has 0 unspecified atom stereocenters. The van der Waals surface area contributed by atoms with Crippen LogP contribution in [0.2, 0.25) is 0 Å². The molecular formula is C19H15N5O5. The van der Waals surface area contributed by atoms with Crippen molar-refractivity contribution in [1.29, 1.82) is 0 Å². The van der Waals surface area contributed by atoms with Gasteiger partial charge in [0, 0.05) is 17.8 Å². The summed E-state index contributed by atoms with van der Waals surface area (Å²) in [5.74, 6) is -0.929. The summed E-state index contributed by atoms with van der Waals surface area (Å²) in [6, 6.07) is 10.7. The highest BCUT2D eigenvalue weighted by Gasteiger charge is 2.18. The predicted octanol–water partition coefficient (Wildman–Crippen LogP) is 3.03. The molecule has 10 heteroatoms. The summed E-state index contributed by atoms with van der Waals surface area (Å²) >= 11 is 0. The quantitative estimate of drug-likeness (QED) is 0.395. The maximum absolute atomic E-state index is 12.8. The van der Waals surface area contributed by atoms with Gasteiger partial charge in [-0.2, -0.15) is 5.10 Å². The smallest absolute Gasteiger partial charge is 0.408 e. The lowest BCUT2D eigenvalue weighted by Crippen LogP contribution is -2.14. The van der Waals surface area contributed by atoms with Crippen molar-refractivity contribution in [2.45, 2.75) is 13.3 Å². The first-order valence-electron chi connectivity index (χ1n) is 8.72. The molecule has 4 aromatic rings. The number of nitro benzene ring substituents is 1. The van der Waals surface area contributed by atoms with Gasteiger partial charge in [-0.05, 0) is 36.8 Å². The van der Waals surface area contributed by atoms with Gasteiger partial charge in [0.25, 0.3) is 11.6 Å². The number of fused-ring (bicyclic) bond motifs is 1. The van der Waals surface area contributed by atoms with Crippen LogP contribution in [0.1, 0.15) is 23.0 Å². The molecule has 0 saturated carbocycles. The second kappa shape index (κ2) is 7.08. The van der Waals surface area contributed by atoms with Crippen molar-refractivity contribution in [3.8, 4) is 5.69 Å². The molecule has 2 N–H and O–H groups in total. The lowest BCUT2D eigenvalue weighted by Gasteiger charge is -2.08. The van der Waals surface area contributed by atoms with Crippen molar-refractivity contribution in [1.82, 2.24) is 14.8 Å². The SMILES string of the molecule is CCc1c(C(=O)Nc2ccc3oc(=O)[nH]c3c2)cnn1-c1ccc([N+](=O)[O-])cc1. The third-order valence-corrected chi connectivity index (χ3v) is 4.43.